The van der Waals surface area contributed by atoms with Gasteiger partial charge in [0.05, 0.1) is 22.8 Å². The molecule has 2 heterocycles. The van der Waals surface area contributed by atoms with Crippen molar-refractivity contribution in [2.24, 2.45) is 0 Å². The predicted octanol–water partition coefficient (Wildman–Crippen LogP) is 16.4. The van der Waals surface area contributed by atoms with E-state index in [1.54, 1.807) is 0 Å². The van der Waals surface area contributed by atoms with Gasteiger partial charge < -0.3 is 0 Å². The van der Waals surface area contributed by atoms with Gasteiger partial charge in [0.1, 0.15) is 0 Å². The Morgan fingerprint density at radius 3 is 0.891 bits per heavy atom. The van der Waals surface area contributed by atoms with E-state index in [1.165, 1.54) is 33.4 Å². The maximum atomic E-state index is 4.96. The number of rotatable bonds is 8. The molecule has 64 heavy (non-hydrogen) atoms. The van der Waals surface area contributed by atoms with Gasteiger partial charge >= 0.3 is 0 Å². The first kappa shape index (κ1) is 42.2. The first-order valence-corrected chi connectivity index (χ1v) is 22.7. The molecule has 0 aliphatic rings. The lowest BCUT2D eigenvalue weighted by atomic mass is 10.0. The minimum absolute atomic E-state index is 0.725. The molecule has 10 aromatic rings. The number of aromatic nitrogens is 4. The van der Waals surface area contributed by atoms with E-state index in [4.69, 9.17) is 19.9 Å². The first-order valence-electron chi connectivity index (χ1n) is 21.1. The zero-order valence-electron chi connectivity index (χ0n) is 35.3. The summed E-state index contributed by atoms with van der Waals surface area (Å²) in [4.78, 5) is 19.8. The van der Waals surface area contributed by atoms with Crippen molar-refractivity contribution in [2.45, 2.75) is 13.8 Å². The monoisotopic (exact) mass is 952 g/mol. The third-order valence-electron chi connectivity index (χ3n) is 10.8. The van der Waals surface area contributed by atoms with Gasteiger partial charge in [0.2, 0.25) is 0 Å². The van der Waals surface area contributed by atoms with Crippen LogP contribution in [0.5, 0.6) is 0 Å². The average Bonchev–Trinajstić information content (AvgIpc) is 3.35. The van der Waals surface area contributed by atoms with Gasteiger partial charge in [0, 0.05) is 42.3 Å². The fourth-order valence-corrected chi connectivity index (χ4v) is 8.22. The molecule has 0 amide bonds. The van der Waals surface area contributed by atoms with Crippen LogP contribution in [0.3, 0.4) is 0 Å². The molecular formula is C58H42Br2N4. The van der Waals surface area contributed by atoms with Gasteiger partial charge in [-0.2, -0.15) is 0 Å². The van der Waals surface area contributed by atoms with Crippen molar-refractivity contribution in [1.29, 1.82) is 0 Å². The third kappa shape index (κ3) is 10.2. The fourth-order valence-electron chi connectivity index (χ4n) is 7.42. The Labute approximate surface area is 391 Å². The van der Waals surface area contributed by atoms with Crippen LogP contribution in [-0.4, -0.2) is 19.9 Å². The van der Waals surface area contributed by atoms with Crippen LogP contribution >= 0.6 is 31.9 Å². The van der Waals surface area contributed by atoms with Crippen LogP contribution in [0.2, 0.25) is 0 Å². The second-order valence-corrected chi connectivity index (χ2v) is 17.4. The highest BCUT2D eigenvalue weighted by Crippen LogP contribution is 2.33. The molecule has 8 aromatic carbocycles. The molecule has 0 saturated heterocycles. The summed E-state index contributed by atoms with van der Waals surface area (Å²) >= 11 is 7.17. The number of halogens is 2. The van der Waals surface area contributed by atoms with Crippen LogP contribution < -0.4 is 0 Å². The molecule has 0 fully saturated rings. The molecule has 0 radical (unpaired) electrons. The van der Waals surface area contributed by atoms with Crippen LogP contribution in [0.15, 0.2) is 227 Å². The van der Waals surface area contributed by atoms with Gasteiger partial charge in [-0.1, -0.05) is 213 Å². The summed E-state index contributed by atoms with van der Waals surface area (Å²) in [7, 11) is 0. The zero-order valence-corrected chi connectivity index (χ0v) is 38.5. The summed E-state index contributed by atoms with van der Waals surface area (Å²) in [6.07, 6.45) is 0. The Hall–Kier alpha value is -7.12. The molecule has 0 N–H and O–H groups in total. The molecule has 0 aliphatic carbocycles. The molecule has 0 saturated carbocycles. The van der Waals surface area contributed by atoms with Crippen molar-refractivity contribution in [3.8, 4) is 90.1 Å². The van der Waals surface area contributed by atoms with Crippen LogP contribution in [0.4, 0.5) is 0 Å². The largest absolute Gasteiger partial charge is 0.228 e. The zero-order chi connectivity index (χ0) is 43.8. The van der Waals surface area contributed by atoms with Crippen molar-refractivity contribution < 1.29 is 0 Å². The number of benzene rings is 8. The second kappa shape index (κ2) is 19.5. The van der Waals surface area contributed by atoms with Crippen LogP contribution in [0.1, 0.15) is 11.1 Å². The van der Waals surface area contributed by atoms with E-state index < -0.39 is 0 Å². The van der Waals surface area contributed by atoms with E-state index in [0.29, 0.717) is 0 Å². The number of hydrogen-bond donors (Lipinski definition) is 0. The lowest BCUT2D eigenvalue weighted by Crippen LogP contribution is -1.96. The first-order chi connectivity index (χ1) is 31.3. The maximum absolute atomic E-state index is 4.96. The minimum Gasteiger partial charge on any atom is -0.228 e. The molecular weight excluding hydrogens is 912 g/mol. The quantitative estimate of drug-likeness (QED) is 0.152. The van der Waals surface area contributed by atoms with Crippen molar-refractivity contribution in [2.75, 3.05) is 0 Å². The molecule has 6 heteroatoms. The van der Waals surface area contributed by atoms with Gasteiger partial charge in [-0.25, -0.2) is 19.9 Å². The Kier molecular flexibility index (Phi) is 12.9. The lowest BCUT2D eigenvalue weighted by molar-refractivity contribution is 1.18. The van der Waals surface area contributed by atoms with Gasteiger partial charge in [-0.3, -0.25) is 0 Å². The third-order valence-corrected chi connectivity index (χ3v) is 11.8. The molecule has 0 aliphatic heterocycles. The van der Waals surface area contributed by atoms with Crippen LogP contribution in [0, 0.1) is 13.8 Å². The minimum atomic E-state index is 0.725. The van der Waals surface area contributed by atoms with Crippen molar-refractivity contribution in [1.82, 2.24) is 19.9 Å². The highest BCUT2D eigenvalue weighted by atomic mass is 79.9. The predicted molar refractivity (Wildman–Crippen MR) is 272 cm³/mol. The summed E-state index contributed by atoms with van der Waals surface area (Å²) in [5, 5.41) is 0. The Bertz CT molecular complexity index is 2970. The molecule has 2 aromatic heterocycles. The van der Waals surface area contributed by atoms with Crippen molar-refractivity contribution in [3.63, 3.8) is 0 Å². The van der Waals surface area contributed by atoms with E-state index in [2.05, 4.69) is 228 Å². The fraction of sp³-hybridized carbons (Fsp3) is 0.0345. The normalized spacial score (nSPS) is 10.8. The molecule has 0 spiro atoms. The Morgan fingerprint density at radius 1 is 0.250 bits per heavy atom. The highest BCUT2D eigenvalue weighted by molar-refractivity contribution is 9.10. The number of aryl methyl sites for hydroxylation is 2. The van der Waals surface area contributed by atoms with Gasteiger partial charge in [0.25, 0.3) is 0 Å². The van der Waals surface area contributed by atoms with Gasteiger partial charge in [0.15, 0.2) is 11.6 Å². The van der Waals surface area contributed by atoms with Gasteiger partial charge in [-0.15, -0.1) is 0 Å². The maximum Gasteiger partial charge on any atom is 0.160 e. The van der Waals surface area contributed by atoms with Crippen molar-refractivity contribution in [3.05, 3.63) is 238 Å². The lowest BCUT2D eigenvalue weighted by Gasteiger charge is -2.11. The topological polar surface area (TPSA) is 51.6 Å². The van der Waals surface area contributed by atoms with E-state index in [0.717, 1.165) is 76.8 Å². The SMILES string of the molecule is Cc1ccc(-c2nc(-c3cccc(Br)c3)cc(-c3cccc(-c4ccccc4)c3)n2)cc1.Cc1ccc(-c2nc(-c3cccc(Br)c3)cc(-c3cccc(-c4ccccc4)c3)n2)cc1. The van der Waals surface area contributed by atoms with E-state index >= 15 is 0 Å². The summed E-state index contributed by atoms with van der Waals surface area (Å²) < 4.78 is 2.05. The smallest absolute Gasteiger partial charge is 0.160 e. The molecule has 0 bridgehead atoms. The Morgan fingerprint density at radius 2 is 0.547 bits per heavy atom. The second-order valence-electron chi connectivity index (χ2n) is 15.6. The van der Waals surface area contributed by atoms with E-state index in [-0.39, 0.29) is 0 Å². The number of nitrogens with zero attached hydrogens (tertiary/aromatic N) is 4. The summed E-state index contributed by atoms with van der Waals surface area (Å²) in [6, 6.07) is 75.2. The molecule has 10 rings (SSSR count). The standard InChI is InChI=1S/2C29H21BrN2/c2*1-20-13-15-22(16-14-20)29-31-27(19-28(32-29)25-11-6-12-26(30)18-25)24-10-5-9-23(17-24)21-7-3-2-4-8-21/h2*2-19H,1H3. The number of hydrogen-bond acceptors (Lipinski definition) is 4. The van der Waals surface area contributed by atoms with E-state index in [1.807, 2.05) is 36.4 Å². The molecule has 0 atom stereocenters. The summed E-state index contributed by atoms with van der Waals surface area (Å²) in [6.45, 7) is 4.17. The summed E-state index contributed by atoms with van der Waals surface area (Å²) in [5.41, 5.74) is 17.0. The van der Waals surface area contributed by atoms with Gasteiger partial charge in [-0.05, 0) is 84.6 Å². The molecule has 0 unspecified atom stereocenters. The summed E-state index contributed by atoms with van der Waals surface area (Å²) in [5.74, 6) is 1.45. The highest BCUT2D eigenvalue weighted by Gasteiger charge is 2.14. The van der Waals surface area contributed by atoms with E-state index in [9.17, 15) is 0 Å². The van der Waals surface area contributed by atoms with Crippen LogP contribution in [-0.2, 0) is 0 Å². The van der Waals surface area contributed by atoms with Crippen molar-refractivity contribution >= 4 is 31.9 Å². The Balaban J connectivity index is 0.000000162. The van der Waals surface area contributed by atoms with Crippen LogP contribution in [0.25, 0.3) is 90.1 Å². The average molecular weight is 955 g/mol. The molecule has 308 valence electrons. The molecule has 4 nitrogen and oxygen atoms in total.